The normalized spacial score (nSPS) is 25.6. The second-order valence-electron chi connectivity index (χ2n) is 5.87. The first-order valence-corrected chi connectivity index (χ1v) is 7.48. The van der Waals surface area contributed by atoms with Crippen LogP contribution >= 0.6 is 0 Å². The fourth-order valence-corrected chi connectivity index (χ4v) is 3.41. The molecule has 0 bridgehead atoms. The molecule has 1 aromatic rings. The van der Waals surface area contributed by atoms with Crippen molar-refractivity contribution in [3.63, 3.8) is 0 Å². The van der Waals surface area contributed by atoms with Crippen molar-refractivity contribution in [2.24, 2.45) is 0 Å². The van der Waals surface area contributed by atoms with Crippen molar-refractivity contribution in [1.29, 1.82) is 0 Å². The largest absolute Gasteiger partial charge is 0.299 e. The minimum absolute atomic E-state index is 0.198. The lowest BCUT2D eigenvalue weighted by atomic mass is 9.75. The fourth-order valence-electron chi connectivity index (χ4n) is 3.41. The lowest BCUT2D eigenvalue weighted by molar-refractivity contribution is -0.120. The van der Waals surface area contributed by atoms with E-state index in [0.717, 1.165) is 25.2 Å². The molecule has 1 aromatic carbocycles. The molecule has 0 amide bonds. The van der Waals surface area contributed by atoms with E-state index in [1.165, 1.54) is 43.2 Å². The number of hydrogen-bond acceptors (Lipinski definition) is 1. The van der Waals surface area contributed by atoms with Crippen LogP contribution in [0.4, 0.5) is 0 Å². The molecule has 2 aliphatic rings. The van der Waals surface area contributed by atoms with Crippen LogP contribution in [0.1, 0.15) is 74.3 Å². The van der Waals surface area contributed by atoms with Crippen LogP contribution in [0, 0.1) is 0 Å². The Hall–Kier alpha value is -1.11. The highest BCUT2D eigenvalue weighted by atomic mass is 16.1. The molecule has 1 nitrogen and oxygen atoms in total. The maximum absolute atomic E-state index is 12.3. The molecule has 18 heavy (non-hydrogen) atoms. The Morgan fingerprint density at radius 2 is 1.61 bits per heavy atom. The van der Waals surface area contributed by atoms with Crippen molar-refractivity contribution in [2.75, 3.05) is 0 Å². The SMILES string of the molecule is O=C1CCCCCC1c1ccccc1C1CCC1. The summed E-state index contributed by atoms with van der Waals surface area (Å²) in [7, 11) is 0. The third kappa shape index (κ3) is 2.23. The van der Waals surface area contributed by atoms with Crippen molar-refractivity contribution >= 4 is 5.78 Å². The van der Waals surface area contributed by atoms with Gasteiger partial charge >= 0.3 is 0 Å². The van der Waals surface area contributed by atoms with E-state index in [-0.39, 0.29) is 5.92 Å². The predicted molar refractivity (Wildman–Crippen MR) is 73.9 cm³/mol. The summed E-state index contributed by atoms with van der Waals surface area (Å²) < 4.78 is 0. The summed E-state index contributed by atoms with van der Waals surface area (Å²) in [5.41, 5.74) is 2.83. The van der Waals surface area contributed by atoms with Gasteiger partial charge in [-0.25, -0.2) is 0 Å². The first-order chi connectivity index (χ1) is 8.86. The van der Waals surface area contributed by atoms with Gasteiger partial charge < -0.3 is 0 Å². The molecule has 0 heterocycles. The summed E-state index contributed by atoms with van der Waals surface area (Å²) in [4.78, 5) is 12.3. The maximum Gasteiger partial charge on any atom is 0.140 e. The summed E-state index contributed by atoms with van der Waals surface area (Å²) in [5, 5.41) is 0. The zero-order chi connectivity index (χ0) is 12.4. The van der Waals surface area contributed by atoms with E-state index in [9.17, 15) is 4.79 Å². The second kappa shape index (κ2) is 5.26. The van der Waals surface area contributed by atoms with Gasteiger partial charge in [0.05, 0.1) is 0 Å². The highest BCUT2D eigenvalue weighted by Crippen LogP contribution is 2.41. The Labute approximate surface area is 110 Å². The van der Waals surface area contributed by atoms with Gasteiger partial charge in [-0.05, 0) is 42.7 Å². The number of ketones is 1. The van der Waals surface area contributed by atoms with E-state index in [2.05, 4.69) is 24.3 Å². The number of carbonyl (C=O) groups excluding carboxylic acids is 1. The van der Waals surface area contributed by atoms with Crippen molar-refractivity contribution in [3.05, 3.63) is 35.4 Å². The monoisotopic (exact) mass is 242 g/mol. The third-order valence-electron chi connectivity index (χ3n) is 4.72. The molecule has 3 rings (SSSR count). The Bertz CT molecular complexity index is 431. The Morgan fingerprint density at radius 1 is 0.833 bits per heavy atom. The van der Waals surface area contributed by atoms with Crippen molar-refractivity contribution in [2.45, 2.75) is 63.2 Å². The van der Waals surface area contributed by atoms with Gasteiger partial charge in [-0.1, -0.05) is 43.5 Å². The molecule has 2 saturated carbocycles. The fraction of sp³-hybridized carbons (Fsp3) is 0.588. The zero-order valence-electron chi connectivity index (χ0n) is 11.0. The molecule has 0 aromatic heterocycles. The summed E-state index contributed by atoms with van der Waals surface area (Å²) in [6.07, 6.45) is 9.41. The number of hydrogen-bond donors (Lipinski definition) is 0. The number of carbonyl (C=O) groups is 1. The van der Waals surface area contributed by atoms with Gasteiger partial charge in [-0.2, -0.15) is 0 Å². The van der Waals surface area contributed by atoms with Crippen molar-refractivity contribution in [3.8, 4) is 0 Å². The summed E-state index contributed by atoms with van der Waals surface area (Å²) in [6, 6.07) is 8.72. The van der Waals surface area contributed by atoms with E-state index >= 15 is 0 Å². The predicted octanol–water partition coefficient (Wildman–Crippen LogP) is 4.57. The van der Waals surface area contributed by atoms with E-state index in [1.807, 2.05) is 0 Å². The summed E-state index contributed by atoms with van der Waals surface area (Å²) in [6.45, 7) is 0. The van der Waals surface area contributed by atoms with Crippen LogP contribution in [0.2, 0.25) is 0 Å². The maximum atomic E-state index is 12.3. The van der Waals surface area contributed by atoms with E-state index in [1.54, 1.807) is 0 Å². The van der Waals surface area contributed by atoms with Crippen LogP contribution < -0.4 is 0 Å². The van der Waals surface area contributed by atoms with Gasteiger partial charge in [0.1, 0.15) is 5.78 Å². The summed E-state index contributed by atoms with van der Waals surface area (Å²) in [5.74, 6) is 1.42. The van der Waals surface area contributed by atoms with Gasteiger partial charge in [0.15, 0.2) is 0 Å². The zero-order valence-corrected chi connectivity index (χ0v) is 11.0. The first-order valence-electron chi connectivity index (χ1n) is 7.48. The Kier molecular flexibility index (Phi) is 3.49. The topological polar surface area (TPSA) is 17.1 Å². The first kappa shape index (κ1) is 12.0. The number of Topliss-reactive ketones (excluding diaryl/α,β-unsaturated/α-hetero) is 1. The molecule has 0 spiro atoms. The van der Waals surface area contributed by atoms with Gasteiger partial charge in [0.25, 0.3) is 0 Å². The van der Waals surface area contributed by atoms with Crippen LogP contribution in [-0.2, 0) is 4.79 Å². The van der Waals surface area contributed by atoms with E-state index in [0.29, 0.717) is 5.78 Å². The number of benzene rings is 1. The average Bonchev–Trinajstić information content (AvgIpc) is 2.53. The van der Waals surface area contributed by atoms with Crippen molar-refractivity contribution < 1.29 is 4.79 Å². The van der Waals surface area contributed by atoms with Crippen LogP contribution in [0.25, 0.3) is 0 Å². The molecule has 96 valence electrons. The summed E-state index contributed by atoms with van der Waals surface area (Å²) >= 11 is 0. The molecule has 0 saturated heterocycles. The van der Waals surface area contributed by atoms with Crippen LogP contribution in [-0.4, -0.2) is 5.78 Å². The minimum Gasteiger partial charge on any atom is -0.299 e. The molecule has 1 unspecified atom stereocenters. The standard InChI is InChI=1S/C17H22O/c18-17-12-3-1-2-11-16(17)15-10-5-4-9-14(15)13-7-6-8-13/h4-5,9-10,13,16H,1-3,6-8,11-12H2. The van der Waals surface area contributed by atoms with Crippen molar-refractivity contribution in [1.82, 2.24) is 0 Å². The molecule has 1 atom stereocenters. The van der Waals surface area contributed by atoms with Gasteiger partial charge in [-0.3, -0.25) is 4.79 Å². The quantitative estimate of drug-likeness (QED) is 0.694. The Balaban J connectivity index is 1.91. The van der Waals surface area contributed by atoms with Gasteiger partial charge in [-0.15, -0.1) is 0 Å². The highest BCUT2D eigenvalue weighted by Gasteiger charge is 2.28. The van der Waals surface area contributed by atoms with Gasteiger partial charge in [0.2, 0.25) is 0 Å². The molecule has 2 aliphatic carbocycles. The Morgan fingerprint density at radius 3 is 2.33 bits per heavy atom. The minimum atomic E-state index is 0.198. The van der Waals surface area contributed by atoms with Crippen LogP contribution in [0.15, 0.2) is 24.3 Å². The smallest absolute Gasteiger partial charge is 0.140 e. The van der Waals surface area contributed by atoms with Gasteiger partial charge in [0, 0.05) is 12.3 Å². The van der Waals surface area contributed by atoms with Crippen LogP contribution in [0.3, 0.4) is 0 Å². The molecular formula is C17H22O. The average molecular weight is 242 g/mol. The molecule has 2 fully saturated rings. The molecule has 0 radical (unpaired) electrons. The lowest BCUT2D eigenvalue weighted by Crippen LogP contribution is -2.17. The second-order valence-corrected chi connectivity index (χ2v) is 5.87. The van der Waals surface area contributed by atoms with E-state index in [4.69, 9.17) is 0 Å². The molecule has 0 N–H and O–H groups in total. The third-order valence-corrected chi connectivity index (χ3v) is 4.72. The number of rotatable bonds is 2. The van der Waals surface area contributed by atoms with Crippen LogP contribution in [0.5, 0.6) is 0 Å². The van der Waals surface area contributed by atoms with E-state index < -0.39 is 0 Å². The molecule has 0 aliphatic heterocycles. The lowest BCUT2D eigenvalue weighted by Gasteiger charge is -2.30. The molecule has 1 heteroatoms. The highest BCUT2D eigenvalue weighted by molar-refractivity contribution is 5.86. The molecular weight excluding hydrogens is 220 g/mol.